The molecule has 8 heteroatoms. The number of piperazine rings is 1. The van der Waals surface area contributed by atoms with Crippen LogP contribution in [0, 0.1) is 0 Å². The molecule has 2 rings (SSSR count). The molecular formula is C20H29N3O5. The van der Waals surface area contributed by atoms with Gasteiger partial charge >= 0.3 is 12.2 Å². The molecule has 0 saturated carbocycles. The fraction of sp³-hybridized carbons (Fsp3) is 0.550. The summed E-state index contributed by atoms with van der Waals surface area (Å²) in [6, 6.07) is 8.76. The molecule has 1 heterocycles. The van der Waals surface area contributed by atoms with Gasteiger partial charge in [0.15, 0.2) is 0 Å². The first-order valence-electron chi connectivity index (χ1n) is 9.39. The van der Waals surface area contributed by atoms with Gasteiger partial charge in [0, 0.05) is 26.2 Å². The topological polar surface area (TPSA) is 88.2 Å². The van der Waals surface area contributed by atoms with E-state index in [1.165, 1.54) is 0 Å². The molecule has 1 aromatic carbocycles. The molecule has 1 fully saturated rings. The van der Waals surface area contributed by atoms with Gasteiger partial charge in [0.1, 0.15) is 18.2 Å². The number of carbonyl (C=O) groups excluding carboxylic acids is 3. The lowest BCUT2D eigenvalue weighted by atomic mass is 10.2. The Hall–Kier alpha value is -2.77. The zero-order chi connectivity index (χ0) is 20.7. The lowest BCUT2D eigenvalue weighted by Crippen LogP contribution is -2.55. The van der Waals surface area contributed by atoms with E-state index >= 15 is 0 Å². The number of carbonyl (C=O) groups is 3. The molecule has 1 atom stereocenters. The van der Waals surface area contributed by atoms with E-state index in [2.05, 4.69) is 5.32 Å². The van der Waals surface area contributed by atoms with Gasteiger partial charge < -0.3 is 24.6 Å². The molecule has 0 unspecified atom stereocenters. The summed E-state index contributed by atoms with van der Waals surface area (Å²) in [6.45, 7) is 8.66. The van der Waals surface area contributed by atoms with Gasteiger partial charge in [0.05, 0.1) is 0 Å². The average molecular weight is 391 g/mol. The maximum Gasteiger partial charge on any atom is 0.410 e. The second-order valence-electron chi connectivity index (χ2n) is 7.72. The Morgan fingerprint density at radius 1 is 1.04 bits per heavy atom. The molecule has 154 valence electrons. The fourth-order valence-electron chi connectivity index (χ4n) is 2.74. The van der Waals surface area contributed by atoms with Crippen molar-refractivity contribution in [1.29, 1.82) is 0 Å². The van der Waals surface area contributed by atoms with Gasteiger partial charge in [0.25, 0.3) is 0 Å². The molecular weight excluding hydrogens is 362 g/mol. The molecule has 0 radical (unpaired) electrons. The SMILES string of the molecule is C[C@H](NC(=O)OC(C)(C)C)C(=O)N1CCN(C(=O)OCc2ccccc2)CC1. The predicted octanol–water partition coefficient (Wildman–Crippen LogP) is 2.38. The van der Waals surface area contributed by atoms with Crippen LogP contribution in [0.2, 0.25) is 0 Å². The second kappa shape index (κ2) is 9.43. The fourth-order valence-corrected chi connectivity index (χ4v) is 2.74. The molecule has 0 bridgehead atoms. The minimum Gasteiger partial charge on any atom is -0.445 e. The third-order valence-electron chi connectivity index (χ3n) is 4.16. The highest BCUT2D eigenvalue weighted by Gasteiger charge is 2.29. The van der Waals surface area contributed by atoms with Crippen molar-refractivity contribution in [1.82, 2.24) is 15.1 Å². The minimum absolute atomic E-state index is 0.205. The van der Waals surface area contributed by atoms with Gasteiger partial charge in [0.2, 0.25) is 5.91 Å². The Morgan fingerprint density at radius 2 is 1.61 bits per heavy atom. The summed E-state index contributed by atoms with van der Waals surface area (Å²) in [7, 11) is 0. The molecule has 1 aromatic rings. The van der Waals surface area contributed by atoms with Crippen LogP contribution in [-0.4, -0.2) is 65.7 Å². The van der Waals surface area contributed by atoms with Crippen molar-refractivity contribution >= 4 is 18.1 Å². The standard InChI is InChI=1S/C20H29N3O5/c1-15(21-18(25)28-20(2,3)4)17(24)22-10-12-23(13-11-22)19(26)27-14-16-8-6-5-7-9-16/h5-9,15H,10-14H2,1-4H3,(H,21,25)/t15-/m0/s1. The highest BCUT2D eigenvalue weighted by Crippen LogP contribution is 2.10. The van der Waals surface area contributed by atoms with Crippen LogP contribution in [0.1, 0.15) is 33.3 Å². The summed E-state index contributed by atoms with van der Waals surface area (Å²) >= 11 is 0. The van der Waals surface area contributed by atoms with Crippen molar-refractivity contribution in [2.45, 2.75) is 45.9 Å². The van der Waals surface area contributed by atoms with E-state index in [0.29, 0.717) is 26.2 Å². The molecule has 1 saturated heterocycles. The number of nitrogens with zero attached hydrogens (tertiary/aromatic N) is 2. The van der Waals surface area contributed by atoms with Crippen molar-refractivity contribution in [2.24, 2.45) is 0 Å². The summed E-state index contributed by atoms with van der Waals surface area (Å²) < 4.78 is 10.5. The van der Waals surface area contributed by atoms with Crippen LogP contribution in [-0.2, 0) is 20.9 Å². The van der Waals surface area contributed by atoms with Gasteiger partial charge in [-0.1, -0.05) is 30.3 Å². The van der Waals surface area contributed by atoms with E-state index in [1.807, 2.05) is 30.3 Å². The lowest BCUT2D eigenvalue weighted by molar-refractivity contribution is -0.134. The first kappa shape index (κ1) is 21.5. The van der Waals surface area contributed by atoms with E-state index < -0.39 is 23.8 Å². The summed E-state index contributed by atoms with van der Waals surface area (Å²) in [5.41, 5.74) is 0.296. The first-order valence-corrected chi connectivity index (χ1v) is 9.39. The van der Waals surface area contributed by atoms with Gasteiger partial charge in [-0.3, -0.25) is 4.79 Å². The number of nitrogens with one attached hydrogen (secondary N) is 1. The summed E-state index contributed by atoms with van der Waals surface area (Å²) in [5.74, 6) is -0.205. The van der Waals surface area contributed by atoms with E-state index in [9.17, 15) is 14.4 Å². The predicted molar refractivity (Wildman–Crippen MR) is 104 cm³/mol. The van der Waals surface area contributed by atoms with Crippen LogP contribution in [0.3, 0.4) is 0 Å². The molecule has 0 aliphatic carbocycles. The van der Waals surface area contributed by atoms with Crippen molar-refractivity contribution in [3.63, 3.8) is 0 Å². The quantitative estimate of drug-likeness (QED) is 0.851. The van der Waals surface area contributed by atoms with Crippen LogP contribution in [0.5, 0.6) is 0 Å². The smallest absolute Gasteiger partial charge is 0.410 e. The largest absolute Gasteiger partial charge is 0.445 e. The summed E-state index contributed by atoms with van der Waals surface area (Å²) in [6.07, 6.45) is -1.02. The van der Waals surface area contributed by atoms with Crippen molar-refractivity contribution < 1.29 is 23.9 Å². The van der Waals surface area contributed by atoms with Crippen molar-refractivity contribution in [3.8, 4) is 0 Å². The Morgan fingerprint density at radius 3 is 2.18 bits per heavy atom. The van der Waals surface area contributed by atoms with Gasteiger partial charge in [-0.2, -0.15) is 0 Å². The first-order chi connectivity index (χ1) is 13.2. The van der Waals surface area contributed by atoms with Crippen LogP contribution in [0.4, 0.5) is 9.59 Å². The third-order valence-corrected chi connectivity index (χ3v) is 4.16. The summed E-state index contributed by atoms with van der Waals surface area (Å²) in [5, 5.41) is 2.55. The van der Waals surface area contributed by atoms with Crippen LogP contribution < -0.4 is 5.32 Å². The maximum atomic E-state index is 12.5. The van der Waals surface area contributed by atoms with E-state index in [4.69, 9.17) is 9.47 Å². The minimum atomic E-state index is -0.702. The number of hydrogen-bond acceptors (Lipinski definition) is 5. The monoisotopic (exact) mass is 391 g/mol. The van der Waals surface area contributed by atoms with Crippen molar-refractivity contribution in [3.05, 3.63) is 35.9 Å². The third kappa shape index (κ3) is 6.75. The van der Waals surface area contributed by atoms with Crippen LogP contribution >= 0.6 is 0 Å². The van der Waals surface area contributed by atoms with Gasteiger partial charge in [-0.25, -0.2) is 9.59 Å². The lowest BCUT2D eigenvalue weighted by Gasteiger charge is -2.35. The highest BCUT2D eigenvalue weighted by molar-refractivity contribution is 5.85. The molecule has 3 amide bonds. The number of amides is 3. The Bertz CT molecular complexity index is 679. The van der Waals surface area contributed by atoms with E-state index in [0.717, 1.165) is 5.56 Å². The molecule has 1 aliphatic heterocycles. The molecule has 0 aromatic heterocycles. The number of hydrogen-bond donors (Lipinski definition) is 1. The van der Waals surface area contributed by atoms with Crippen molar-refractivity contribution in [2.75, 3.05) is 26.2 Å². The second-order valence-corrected chi connectivity index (χ2v) is 7.72. The zero-order valence-corrected chi connectivity index (χ0v) is 16.9. The summed E-state index contributed by atoms with van der Waals surface area (Å²) in [4.78, 5) is 39.7. The molecule has 1 N–H and O–H groups in total. The highest BCUT2D eigenvalue weighted by atomic mass is 16.6. The Balaban J connectivity index is 1.75. The molecule has 28 heavy (non-hydrogen) atoms. The Labute approximate surface area is 165 Å². The maximum absolute atomic E-state index is 12.5. The molecule has 0 spiro atoms. The number of ether oxygens (including phenoxy) is 2. The van der Waals surface area contributed by atoms with Crippen LogP contribution in [0.15, 0.2) is 30.3 Å². The zero-order valence-electron chi connectivity index (χ0n) is 16.9. The average Bonchev–Trinajstić information content (AvgIpc) is 2.64. The molecule has 1 aliphatic rings. The number of alkyl carbamates (subject to hydrolysis) is 1. The normalized spacial score (nSPS) is 15.6. The Kier molecular flexibility index (Phi) is 7.25. The van der Waals surface area contributed by atoms with Gasteiger partial charge in [-0.15, -0.1) is 0 Å². The van der Waals surface area contributed by atoms with Gasteiger partial charge in [-0.05, 0) is 33.3 Å². The number of rotatable bonds is 4. The molecule has 8 nitrogen and oxygen atoms in total. The van der Waals surface area contributed by atoms with Crippen LogP contribution in [0.25, 0.3) is 0 Å². The number of benzene rings is 1. The van der Waals surface area contributed by atoms with E-state index in [-0.39, 0.29) is 12.5 Å². The van der Waals surface area contributed by atoms with E-state index in [1.54, 1.807) is 37.5 Å².